The van der Waals surface area contributed by atoms with Crippen molar-refractivity contribution in [2.24, 2.45) is 11.3 Å². The molecule has 0 spiro atoms. The molecular formula is C16H28N2O. The Morgan fingerprint density at radius 1 is 1.32 bits per heavy atom. The molecule has 3 nitrogen and oxygen atoms in total. The van der Waals surface area contributed by atoms with Gasteiger partial charge in [0.05, 0.1) is 6.07 Å². The minimum atomic E-state index is -0.783. The first-order valence-electron chi connectivity index (χ1n) is 7.74. The standard InChI is InChI=1S/C16H28N2O/c1-5-9-16(12-17,10-6-2)15(19)18-11-7-8-13(3)14(18)4/h13-14H,5-11H2,1-4H3. The quantitative estimate of drug-likeness (QED) is 0.759. The van der Waals surface area contributed by atoms with Gasteiger partial charge in [-0.15, -0.1) is 0 Å². The van der Waals surface area contributed by atoms with Gasteiger partial charge in [0.25, 0.3) is 0 Å². The molecule has 2 unspecified atom stereocenters. The number of likely N-dealkylation sites (tertiary alicyclic amines) is 1. The fourth-order valence-electron chi connectivity index (χ4n) is 3.25. The molecule has 0 aromatic carbocycles. The van der Waals surface area contributed by atoms with Gasteiger partial charge in [-0.05, 0) is 38.5 Å². The van der Waals surface area contributed by atoms with Gasteiger partial charge in [-0.3, -0.25) is 4.79 Å². The van der Waals surface area contributed by atoms with Gasteiger partial charge in [-0.25, -0.2) is 0 Å². The van der Waals surface area contributed by atoms with Crippen LogP contribution in [0.25, 0.3) is 0 Å². The molecule has 0 aliphatic carbocycles. The third-order valence-electron chi connectivity index (χ3n) is 4.61. The molecule has 1 heterocycles. The lowest BCUT2D eigenvalue weighted by Crippen LogP contribution is -2.52. The van der Waals surface area contributed by atoms with Crippen molar-refractivity contribution in [1.29, 1.82) is 5.26 Å². The molecule has 0 bridgehead atoms. The van der Waals surface area contributed by atoms with Crippen LogP contribution in [0.4, 0.5) is 0 Å². The molecule has 3 heteroatoms. The Morgan fingerprint density at radius 3 is 2.37 bits per heavy atom. The van der Waals surface area contributed by atoms with Gasteiger partial charge in [0.1, 0.15) is 5.41 Å². The molecule has 0 N–H and O–H groups in total. The van der Waals surface area contributed by atoms with Crippen molar-refractivity contribution in [3.63, 3.8) is 0 Å². The van der Waals surface area contributed by atoms with E-state index in [9.17, 15) is 10.1 Å². The largest absolute Gasteiger partial charge is 0.338 e. The van der Waals surface area contributed by atoms with E-state index in [1.54, 1.807) is 0 Å². The van der Waals surface area contributed by atoms with Crippen LogP contribution in [0.15, 0.2) is 0 Å². The van der Waals surface area contributed by atoms with Gasteiger partial charge >= 0.3 is 0 Å². The van der Waals surface area contributed by atoms with Crippen LogP contribution in [0.5, 0.6) is 0 Å². The highest BCUT2D eigenvalue weighted by Crippen LogP contribution is 2.35. The third kappa shape index (κ3) is 3.29. The molecule has 0 radical (unpaired) electrons. The first kappa shape index (κ1) is 16.0. The minimum absolute atomic E-state index is 0.0813. The Hall–Kier alpha value is -1.04. The zero-order valence-electron chi connectivity index (χ0n) is 12.9. The number of rotatable bonds is 5. The summed E-state index contributed by atoms with van der Waals surface area (Å²) in [6, 6.07) is 2.63. The van der Waals surface area contributed by atoms with Crippen molar-refractivity contribution >= 4 is 5.91 Å². The molecule has 1 fully saturated rings. The van der Waals surface area contributed by atoms with E-state index in [1.807, 2.05) is 4.90 Å². The lowest BCUT2D eigenvalue weighted by molar-refractivity contribution is -0.144. The highest BCUT2D eigenvalue weighted by atomic mass is 16.2. The molecule has 1 amide bonds. The zero-order chi connectivity index (χ0) is 14.5. The number of carbonyl (C=O) groups excluding carboxylic acids is 1. The summed E-state index contributed by atoms with van der Waals surface area (Å²) in [5.41, 5.74) is -0.783. The Morgan fingerprint density at radius 2 is 1.89 bits per heavy atom. The van der Waals surface area contributed by atoms with E-state index in [2.05, 4.69) is 33.8 Å². The van der Waals surface area contributed by atoms with Crippen molar-refractivity contribution in [2.75, 3.05) is 6.54 Å². The van der Waals surface area contributed by atoms with Crippen LogP contribution < -0.4 is 0 Å². The molecule has 2 atom stereocenters. The average molecular weight is 264 g/mol. The second kappa shape index (κ2) is 6.93. The summed E-state index contributed by atoms with van der Waals surface area (Å²) in [6.45, 7) is 9.26. The lowest BCUT2D eigenvalue weighted by Gasteiger charge is -2.42. The number of nitrogens with zero attached hydrogens (tertiary/aromatic N) is 2. The molecule has 0 saturated carbocycles. The summed E-state index contributed by atoms with van der Waals surface area (Å²) in [4.78, 5) is 14.9. The Kier molecular flexibility index (Phi) is 5.85. The molecule has 1 aliphatic heterocycles. The van der Waals surface area contributed by atoms with E-state index >= 15 is 0 Å². The maximum absolute atomic E-state index is 12.9. The highest BCUT2D eigenvalue weighted by molar-refractivity contribution is 5.85. The van der Waals surface area contributed by atoms with Crippen LogP contribution in [-0.4, -0.2) is 23.4 Å². The molecule has 0 aromatic heterocycles. The summed E-state index contributed by atoms with van der Waals surface area (Å²) in [6.07, 6.45) is 5.40. The monoisotopic (exact) mass is 264 g/mol. The van der Waals surface area contributed by atoms with Gasteiger partial charge in [-0.2, -0.15) is 5.26 Å². The van der Waals surface area contributed by atoms with Crippen LogP contribution >= 0.6 is 0 Å². The van der Waals surface area contributed by atoms with E-state index in [4.69, 9.17) is 0 Å². The molecule has 19 heavy (non-hydrogen) atoms. The van der Waals surface area contributed by atoms with Crippen molar-refractivity contribution in [2.45, 2.75) is 72.3 Å². The minimum Gasteiger partial charge on any atom is -0.338 e. The summed E-state index contributed by atoms with van der Waals surface area (Å²) in [5, 5.41) is 9.59. The average Bonchev–Trinajstić information content (AvgIpc) is 2.40. The van der Waals surface area contributed by atoms with Gasteiger partial charge in [0.2, 0.25) is 5.91 Å². The Bertz CT molecular complexity index is 339. The van der Waals surface area contributed by atoms with Crippen LogP contribution in [0.3, 0.4) is 0 Å². The number of hydrogen-bond acceptors (Lipinski definition) is 2. The van der Waals surface area contributed by atoms with Crippen LogP contribution in [-0.2, 0) is 4.79 Å². The number of nitriles is 1. The summed E-state index contributed by atoms with van der Waals surface area (Å²) in [7, 11) is 0. The van der Waals surface area contributed by atoms with E-state index in [0.717, 1.165) is 25.8 Å². The number of hydrogen-bond donors (Lipinski definition) is 0. The van der Waals surface area contributed by atoms with E-state index in [0.29, 0.717) is 18.8 Å². The first-order chi connectivity index (χ1) is 9.02. The Balaban J connectivity index is 2.95. The van der Waals surface area contributed by atoms with E-state index in [-0.39, 0.29) is 11.9 Å². The highest BCUT2D eigenvalue weighted by Gasteiger charge is 2.42. The van der Waals surface area contributed by atoms with Crippen LogP contribution in [0.1, 0.15) is 66.2 Å². The molecule has 1 rings (SSSR count). The summed E-state index contributed by atoms with van der Waals surface area (Å²) >= 11 is 0. The molecule has 0 aromatic rings. The van der Waals surface area contributed by atoms with Gasteiger partial charge < -0.3 is 4.90 Å². The first-order valence-corrected chi connectivity index (χ1v) is 7.74. The molecular weight excluding hydrogens is 236 g/mol. The van der Waals surface area contributed by atoms with Gasteiger partial charge in [0.15, 0.2) is 0 Å². The van der Waals surface area contributed by atoms with Crippen molar-refractivity contribution in [3.8, 4) is 6.07 Å². The maximum atomic E-state index is 12.9. The summed E-state index contributed by atoms with van der Waals surface area (Å²) in [5.74, 6) is 0.620. The lowest BCUT2D eigenvalue weighted by atomic mass is 9.78. The fourth-order valence-corrected chi connectivity index (χ4v) is 3.25. The number of piperidine rings is 1. The topological polar surface area (TPSA) is 44.1 Å². The molecule has 108 valence electrons. The van der Waals surface area contributed by atoms with Gasteiger partial charge in [0, 0.05) is 12.6 Å². The van der Waals surface area contributed by atoms with E-state index < -0.39 is 5.41 Å². The number of amides is 1. The second-order valence-corrected chi connectivity index (χ2v) is 6.05. The summed E-state index contributed by atoms with van der Waals surface area (Å²) < 4.78 is 0. The Labute approximate surface area is 118 Å². The number of carbonyl (C=O) groups is 1. The fraction of sp³-hybridized carbons (Fsp3) is 0.875. The predicted molar refractivity (Wildman–Crippen MR) is 77.4 cm³/mol. The predicted octanol–water partition coefficient (Wildman–Crippen LogP) is 3.74. The van der Waals surface area contributed by atoms with E-state index in [1.165, 1.54) is 6.42 Å². The van der Waals surface area contributed by atoms with Crippen molar-refractivity contribution < 1.29 is 4.79 Å². The maximum Gasteiger partial charge on any atom is 0.243 e. The normalized spacial score (nSPS) is 24.1. The smallest absolute Gasteiger partial charge is 0.243 e. The van der Waals surface area contributed by atoms with Crippen molar-refractivity contribution in [1.82, 2.24) is 4.90 Å². The van der Waals surface area contributed by atoms with Crippen LogP contribution in [0.2, 0.25) is 0 Å². The second-order valence-electron chi connectivity index (χ2n) is 6.05. The SMILES string of the molecule is CCCC(C#N)(CCC)C(=O)N1CCCC(C)C1C. The molecule has 1 aliphatic rings. The van der Waals surface area contributed by atoms with Crippen molar-refractivity contribution in [3.05, 3.63) is 0 Å². The van der Waals surface area contributed by atoms with Gasteiger partial charge in [-0.1, -0.05) is 33.6 Å². The third-order valence-corrected chi connectivity index (χ3v) is 4.61. The zero-order valence-corrected chi connectivity index (χ0v) is 12.9. The molecule has 1 saturated heterocycles. The van der Waals surface area contributed by atoms with Crippen LogP contribution in [0, 0.1) is 22.7 Å².